The Bertz CT molecular complexity index is 871. The van der Waals surface area contributed by atoms with Gasteiger partial charge in [-0.05, 0) is 43.2 Å². The van der Waals surface area contributed by atoms with E-state index in [2.05, 4.69) is 5.32 Å². The molecule has 7 heteroatoms. The second kappa shape index (κ2) is 8.73. The summed E-state index contributed by atoms with van der Waals surface area (Å²) in [6.45, 7) is 0.384. The standard InChI is InChI=1S/C21H23FN2O4/c1-27-14-9-10-19(28-2)16(12-14)18-8-5-11-24(18)20(25)13-23-21(26)15-6-3-4-7-17(15)22/h3-4,6-7,9-10,12,18H,5,8,11,13H2,1-2H3,(H,23,26)/t18-/m1/s1. The van der Waals surface area contributed by atoms with Crippen LogP contribution < -0.4 is 14.8 Å². The van der Waals surface area contributed by atoms with Crippen LogP contribution in [0.25, 0.3) is 0 Å². The number of halogens is 1. The Morgan fingerprint density at radius 2 is 1.96 bits per heavy atom. The molecule has 0 spiro atoms. The van der Waals surface area contributed by atoms with Crippen LogP contribution in [-0.2, 0) is 4.79 Å². The molecular formula is C21H23FN2O4. The van der Waals surface area contributed by atoms with Crippen molar-refractivity contribution in [3.05, 3.63) is 59.4 Å². The number of rotatable bonds is 6. The maximum Gasteiger partial charge on any atom is 0.254 e. The highest BCUT2D eigenvalue weighted by molar-refractivity contribution is 5.96. The van der Waals surface area contributed by atoms with E-state index >= 15 is 0 Å². The Labute approximate surface area is 163 Å². The lowest BCUT2D eigenvalue weighted by Crippen LogP contribution is -2.40. The van der Waals surface area contributed by atoms with Gasteiger partial charge in [-0.15, -0.1) is 0 Å². The molecule has 0 aromatic heterocycles. The number of likely N-dealkylation sites (tertiary alicyclic amines) is 1. The molecule has 0 radical (unpaired) electrons. The van der Waals surface area contributed by atoms with Gasteiger partial charge in [0.2, 0.25) is 5.91 Å². The van der Waals surface area contributed by atoms with E-state index < -0.39 is 11.7 Å². The summed E-state index contributed by atoms with van der Waals surface area (Å²) in [6, 6.07) is 11.0. The number of hydrogen-bond acceptors (Lipinski definition) is 4. The van der Waals surface area contributed by atoms with Gasteiger partial charge in [0.05, 0.1) is 32.4 Å². The lowest BCUT2D eigenvalue weighted by atomic mass is 10.0. The number of carbonyl (C=O) groups excluding carboxylic acids is 2. The van der Waals surface area contributed by atoms with Crippen LogP contribution in [0.4, 0.5) is 4.39 Å². The first-order chi connectivity index (χ1) is 13.5. The molecule has 1 saturated heterocycles. The van der Waals surface area contributed by atoms with E-state index in [4.69, 9.17) is 9.47 Å². The van der Waals surface area contributed by atoms with Crippen molar-refractivity contribution in [1.29, 1.82) is 0 Å². The molecule has 0 saturated carbocycles. The molecule has 0 bridgehead atoms. The van der Waals surface area contributed by atoms with Gasteiger partial charge in [-0.25, -0.2) is 4.39 Å². The summed E-state index contributed by atoms with van der Waals surface area (Å²) in [5, 5.41) is 2.51. The summed E-state index contributed by atoms with van der Waals surface area (Å²) in [7, 11) is 3.17. The molecule has 0 aliphatic carbocycles. The van der Waals surface area contributed by atoms with E-state index in [-0.39, 0.29) is 24.1 Å². The molecule has 1 atom stereocenters. The van der Waals surface area contributed by atoms with Gasteiger partial charge in [-0.1, -0.05) is 12.1 Å². The molecule has 1 heterocycles. The van der Waals surface area contributed by atoms with E-state index in [1.807, 2.05) is 12.1 Å². The lowest BCUT2D eigenvalue weighted by molar-refractivity contribution is -0.131. The van der Waals surface area contributed by atoms with Crippen LogP contribution in [0, 0.1) is 5.82 Å². The average Bonchev–Trinajstić information content (AvgIpc) is 3.21. The van der Waals surface area contributed by atoms with Crippen LogP contribution in [-0.4, -0.2) is 44.0 Å². The van der Waals surface area contributed by atoms with Crippen LogP contribution in [0.2, 0.25) is 0 Å². The summed E-state index contributed by atoms with van der Waals surface area (Å²) < 4.78 is 24.5. The molecule has 2 aromatic rings. The number of benzene rings is 2. The second-order valence-corrected chi connectivity index (χ2v) is 6.52. The third kappa shape index (κ3) is 4.08. The van der Waals surface area contributed by atoms with Crippen molar-refractivity contribution < 1.29 is 23.5 Å². The van der Waals surface area contributed by atoms with Crippen molar-refractivity contribution in [1.82, 2.24) is 10.2 Å². The summed E-state index contributed by atoms with van der Waals surface area (Å²) in [6.07, 6.45) is 1.63. The molecule has 28 heavy (non-hydrogen) atoms. The second-order valence-electron chi connectivity index (χ2n) is 6.52. The number of ether oxygens (including phenoxy) is 2. The molecular weight excluding hydrogens is 363 g/mol. The molecule has 6 nitrogen and oxygen atoms in total. The zero-order chi connectivity index (χ0) is 20.1. The van der Waals surface area contributed by atoms with Crippen LogP contribution in [0.3, 0.4) is 0 Å². The van der Waals surface area contributed by atoms with Gasteiger partial charge >= 0.3 is 0 Å². The van der Waals surface area contributed by atoms with Crippen LogP contribution in [0.1, 0.15) is 34.8 Å². The molecule has 1 fully saturated rings. The highest BCUT2D eigenvalue weighted by Crippen LogP contribution is 2.38. The fourth-order valence-corrected chi connectivity index (χ4v) is 3.49. The maximum atomic E-state index is 13.7. The normalized spacial score (nSPS) is 16.0. The number of hydrogen-bond donors (Lipinski definition) is 1. The number of nitrogens with one attached hydrogen (secondary N) is 1. The fraction of sp³-hybridized carbons (Fsp3) is 0.333. The van der Waals surface area contributed by atoms with E-state index in [1.54, 1.807) is 31.3 Å². The first-order valence-electron chi connectivity index (χ1n) is 9.09. The van der Waals surface area contributed by atoms with Gasteiger partial charge in [0.15, 0.2) is 0 Å². The number of carbonyl (C=O) groups is 2. The third-order valence-corrected chi connectivity index (χ3v) is 4.89. The quantitative estimate of drug-likeness (QED) is 0.829. The zero-order valence-corrected chi connectivity index (χ0v) is 15.9. The summed E-state index contributed by atoms with van der Waals surface area (Å²) in [4.78, 5) is 26.6. The monoisotopic (exact) mass is 386 g/mol. The van der Waals surface area contributed by atoms with Crippen molar-refractivity contribution in [2.24, 2.45) is 0 Å². The summed E-state index contributed by atoms with van der Waals surface area (Å²) in [5.41, 5.74) is 0.788. The Kier molecular flexibility index (Phi) is 6.13. The minimum Gasteiger partial charge on any atom is -0.497 e. The van der Waals surface area contributed by atoms with Crippen LogP contribution >= 0.6 is 0 Å². The Balaban J connectivity index is 1.72. The minimum absolute atomic E-state index is 0.0808. The highest BCUT2D eigenvalue weighted by atomic mass is 19.1. The Hall–Kier alpha value is -3.09. The van der Waals surface area contributed by atoms with Gasteiger partial charge in [0.25, 0.3) is 5.91 Å². The molecule has 148 valence electrons. The highest BCUT2D eigenvalue weighted by Gasteiger charge is 2.32. The largest absolute Gasteiger partial charge is 0.497 e. The molecule has 1 N–H and O–H groups in total. The maximum absolute atomic E-state index is 13.7. The van der Waals surface area contributed by atoms with Gasteiger partial charge in [0, 0.05) is 12.1 Å². The molecule has 2 amide bonds. The molecule has 2 aromatic carbocycles. The van der Waals surface area contributed by atoms with Crippen molar-refractivity contribution in [3.63, 3.8) is 0 Å². The first-order valence-corrected chi connectivity index (χ1v) is 9.09. The van der Waals surface area contributed by atoms with Crippen molar-refractivity contribution in [3.8, 4) is 11.5 Å². The van der Waals surface area contributed by atoms with Crippen LogP contribution in [0.5, 0.6) is 11.5 Å². The van der Waals surface area contributed by atoms with Crippen molar-refractivity contribution in [2.45, 2.75) is 18.9 Å². The number of methoxy groups -OCH3 is 2. The van der Waals surface area contributed by atoms with E-state index in [1.165, 1.54) is 18.2 Å². The van der Waals surface area contributed by atoms with Crippen molar-refractivity contribution >= 4 is 11.8 Å². The molecule has 1 aliphatic heterocycles. The zero-order valence-electron chi connectivity index (χ0n) is 15.9. The van der Waals surface area contributed by atoms with Gasteiger partial charge < -0.3 is 19.7 Å². The van der Waals surface area contributed by atoms with E-state index in [9.17, 15) is 14.0 Å². The summed E-state index contributed by atoms with van der Waals surface area (Å²) >= 11 is 0. The van der Waals surface area contributed by atoms with E-state index in [0.717, 1.165) is 18.4 Å². The molecule has 1 aliphatic rings. The smallest absolute Gasteiger partial charge is 0.254 e. The van der Waals surface area contributed by atoms with E-state index in [0.29, 0.717) is 18.0 Å². The molecule has 0 unspecified atom stereocenters. The predicted octanol–water partition coefficient (Wildman–Crippen LogP) is 2.94. The number of nitrogens with zero attached hydrogens (tertiary/aromatic N) is 1. The summed E-state index contributed by atoms with van der Waals surface area (Å²) in [5.74, 6) is -0.0883. The topological polar surface area (TPSA) is 67.9 Å². The van der Waals surface area contributed by atoms with Gasteiger partial charge in [-0.3, -0.25) is 9.59 Å². The minimum atomic E-state index is -0.618. The van der Waals surface area contributed by atoms with Crippen molar-refractivity contribution in [2.75, 3.05) is 27.3 Å². The predicted molar refractivity (Wildman–Crippen MR) is 102 cm³/mol. The fourth-order valence-electron chi connectivity index (χ4n) is 3.49. The number of amides is 2. The SMILES string of the molecule is COc1ccc(OC)c([C@H]2CCCN2C(=O)CNC(=O)c2ccccc2F)c1. The Morgan fingerprint density at radius 1 is 1.18 bits per heavy atom. The molecule has 3 rings (SSSR count). The Morgan fingerprint density at radius 3 is 2.68 bits per heavy atom. The first kappa shape index (κ1) is 19.7. The third-order valence-electron chi connectivity index (χ3n) is 4.89. The average molecular weight is 386 g/mol. The van der Waals surface area contributed by atoms with Gasteiger partial charge in [-0.2, -0.15) is 0 Å². The van der Waals surface area contributed by atoms with Gasteiger partial charge in [0.1, 0.15) is 17.3 Å². The van der Waals surface area contributed by atoms with Crippen LogP contribution in [0.15, 0.2) is 42.5 Å². The lowest BCUT2D eigenvalue weighted by Gasteiger charge is -2.27.